The molecule has 0 heterocycles. The van der Waals surface area contributed by atoms with E-state index in [9.17, 15) is 9.59 Å². The Balaban J connectivity index is 3.67. The molecule has 1 unspecified atom stereocenters. The topological polar surface area (TPSA) is 74.6 Å². The van der Waals surface area contributed by atoms with Gasteiger partial charge in [0.25, 0.3) is 0 Å². The summed E-state index contributed by atoms with van der Waals surface area (Å²) in [5.41, 5.74) is 0.0103. The number of carboxylic acid groups (broad SMARTS) is 2. The molecule has 1 atom stereocenters. The molecule has 0 saturated heterocycles. The third-order valence-corrected chi connectivity index (χ3v) is 5.30. The number of allylic oxidation sites excluding steroid dienone is 1. The molecule has 0 rings (SSSR count). The second-order valence-corrected chi connectivity index (χ2v) is 7.60. The van der Waals surface area contributed by atoms with Crippen LogP contribution >= 0.6 is 0 Å². The largest absolute Gasteiger partial charge is 0.477 e. The minimum absolute atomic E-state index is 0.00454. The van der Waals surface area contributed by atoms with Gasteiger partial charge in [-0.15, -0.1) is 0 Å². The van der Waals surface area contributed by atoms with Gasteiger partial charge in [-0.05, 0) is 24.8 Å². The molecule has 0 saturated carbocycles. The fourth-order valence-corrected chi connectivity index (χ4v) is 3.36. The van der Waals surface area contributed by atoms with Crippen molar-refractivity contribution in [2.24, 2.45) is 5.92 Å². The lowest BCUT2D eigenvalue weighted by Gasteiger charge is -2.13. The normalized spacial score (nSPS) is 12.0. The molecule has 0 aliphatic heterocycles. The molecule has 0 radical (unpaired) electrons. The molecular weight excluding hydrogens is 328 g/mol. The lowest BCUT2D eigenvalue weighted by molar-refractivity contribution is -0.140. The lowest BCUT2D eigenvalue weighted by Crippen LogP contribution is -2.16. The van der Waals surface area contributed by atoms with Crippen LogP contribution in [0.2, 0.25) is 0 Å². The summed E-state index contributed by atoms with van der Waals surface area (Å²) in [6.45, 7) is 5.80. The summed E-state index contributed by atoms with van der Waals surface area (Å²) in [6.07, 6.45) is 17.8. The maximum Gasteiger partial charge on any atom is 0.343 e. The quantitative estimate of drug-likeness (QED) is 0.131. The molecule has 0 aliphatic carbocycles. The van der Waals surface area contributed by atoms with Crippen LogP contribution in [0.1, 0.15) is 111 Å². The highest BCUT2D eigenvalue weighted by atomic mass is 16.4. The van der Waals surface area contributed by atoms with E-state index in [2.05, 4.69) is 6.92 Å². The van der Waals surface area contributed by atoms with Gasteiger partial charge in [-0.25, -0.2) is 9.59 Å². The first-order valence-electron chi connectivity index (χ1n) is 10.6. The van der Waals surface area contributed by atoms with Crippen molar-refractivity contribution in [3.8, 4) is 0 Å². The monoisotopic (exact) mass is 368 g/mol. The Labute approximate surface area is 160 Å². The van der Waals surface area contributed by atoms with Crippen LogP contribution < -0.4 is 0 Å². The van der Waals surface area contributed by atoms with Crippen LogP contribution in [0.15, 0.2) is 11.1 Å². The van der Waals surface area contributed by atoms with E-state index in [1.165, 1.54) is 70.6 Å². The molecule has 4 nitrogen and oxygen atoms in total. The van der Waals surface area contributed by atoms with E-state index in [-0.39, 0.29) is 5.92 Å². The van der Waals surface area contributed by atoms with Crippen LogP contribution in [0, 0.1) is 5.92 Å². The van der Waals surface area contributed by atoms with E-state index < -0.39 is 17.5 Å². The average Bonchev–Trinajstić information content (AvgIpc) is 2.58. The third-order valence-electron chi connectivity index (χ3n) is 5.30. The van der Waals surface area contributed by atoms with E-state index in [1.807, 2.05) is 6.92 Å². The molecule has 0 aromatic heterocycles. The van der Waals surface area contributed by atoms with Crippen LogP contribution in [0.3, 0.4) is 0 Å². The summed E-state index contributed by atoms with van der Waals surface area (Å²) in [5, 5.41) is 18.0. The van der Waals surface area contributed by atoms with E-state index in [0.29, 0.717) is 5.57 Å². The van der Waals surface area contributed by atoms with Crippen molar-refractivity contribution in [2.75, 3.05) is 0 Å². The van der Waals surface area contributed by atoms with Crippen molar-refractivity contribution in [1.82, 2.24) is 0 Å². The standard InChI is InChI=1S/C22H40O4/c1-4-5-6-7-8-9-10-11-12-13-14-15-16-17-18(2)19(3)20(21(23)24)22(25)26/h18H,4-17H2,1-3H3,(H,23,24)(H,25,26). The zero-order valence-electron chi connectivity index (χ0n) is 17.2. The molecule has 0 bridgehead atoms. The van der Waals surface area contributed by atoms with Crippen LogP contribution in [-0.4, -0.2) is 22.2 Å². The molecule has 0 fully saturated rings. The van der Waals surface area contributed by atoms with Gasteiger partial charge in [-0.3, -0.25) is 0 Å². The lowest BCUT2D eigenvalue weighted by atomic mass is 9.92. The predicted octanol–water partition coefficient (Wildman–Crippen LogP) is 6.59. The first-order chi connectivity index (χ1) is 12.4. The molecule has 4 heteroatoms. The molecule has 0 aliphatic rings. The number of unbranched alkanes of at least 4 members (excludes halogenated alkanes) is 12. The molecule has 26 heavy (non-hydrogen) atoms. The van der Waals surface area contributed by atoms with Gasteiger partial charge in [0.05, 0.1) is 0 Å². The first kappa shape index (κ1) is 24.7. The molecule has 0 aromatic carbocycles. The highest BCUT2D eigenvalue weighted by Gasteiger charge is 2.22. The number of carbonyl (C=O) groups is 2. The van der Waals surface area contributed by atoms with Gasteiger partial charge < -0.3 is 10.2 Å². The van der Waals surface area contributed by atoms with Crippen molar-refractivity contribution in [1.29, 1.82) is 0 Å². The van der Waals surface area contributed by atoms with Gasteiger partial charge in [0.15, 0.2) is 0 Å². The van der Waals surface area contributed by atoms with Crippen molar-refractivity contribution in [3.63, 3.8) is 0 Å². The fraction of sp³-hybridized carbons (Fsp3) is 0.818. The third kappa shape index (κ3) is 12.1. The molecular formula is C22H40O4. The predicted molar refractivity (Wildman–Crippen MR) is 107 cm³/mol. The van der Waals surface area contributed by atoms with Gasteiger partial charge >= 0.3 is 11.9 Å². The Bertz CT molecular complexity index is 410. The Morgan fingerprint density at radius 2 is 1.04 bits per heavy atom. The zero-order valence-corrected chi connectivity index (χ0v) is 17.2. The Morgan fingerprint density at radius 3 is 1.38 bits per heavy atom. The van der Waals surface area contributed by atoms with E-state index >= 15 is 0 Å². The van der Waals surface area contributed by atoms with Crippen molar-refractivity contribution in [2.45, 2.75) is 111 Å². The minimum Gasteiger partial charge on any atom is -0.477 e. The van der Waals surface area contributed by atoms with Gasteiger partial charge in [0.1, 0.15) is 5.57 Å². The smallest absolute Gasteiger partial charge is 0.343 e. The van der Waals surface area contributed by atoms with Crippen molar-refractivity contribution in [3.05, 3.63) is 11.1 Å². The minimum atomic E-state index is -1.34. The molecule has 0 aromatic rings. The second-order valence-electron chi connectivity index (χ2n) is 7.60. The highest BCUT2D eigenvalue weighted by Crippen LogP contribution is 2.22. The number of rotatable bonds is 17. The van der Waals surface area contributed by atoms with Gasteiger partial charge in [-0.1, -0.05) is 97.3 Å². The SMILES string of the molecule is CCCCCCCCCCCCCCCC(C)C(C)=C(C(=O)O)C(=O)O. The first-order valence-corrected chi connectivity index (χ1v) is 10.6. The summed E-state index contributed by atoms with van der Waals surface area (Å²) < 4.78 is 0. The van der Waals surface area contributed by atoms with Gasteiger partial charge in [0, 0.05) is 0 Å². The number of carboxylic acids is 2. The summed E-state index contributed by atoms with van der Waals surface area (Å²) in [7, 11) is 0. The summed E-state index contributed by atoms with van der Waals surface area (Å²) >= 11 is 0. The Morgan fingerprint density at radius 1 is 0.692 bits per heavy atom. The molecule has 0 spiro atoms. The van der Waals surface area contributed by atoms with E-state index in [4.69, 9.17) is 10.2 Å². The van der Waals surface area contributed by atoms with Gasteiger partial charge in [0.2, 0.25) is 0 Å². The average molecular weight is 369 g/mol. The van der Waals surface area contributed by atoms with E-state index in [0.717, 1.165) is 19.3 Å². The highest BCUT2D eigenvalue weighted by molar-refractivity contribution is 6.13. The molecule has 2 N–H and O–H groups in total. The zero-order chi connectivity index (χ0) is 19.8. The van der Waals surface area contributed by atoms with Crippen molar-refractivity contribution < 1.29 is 19.8 Å². The Kier molecular flexibility index (Phi) is 15.1. The maximum atomic E-state index is 11.0. The molecule has 0 amide bonds. The number of hydrogen-bond acceptors (Lipinski definition) is 2. The maximum absolute atomic E-state index is 11.0. The summed E-state index contributed by atoms with van der Waals surface area (Å²) in [5.74, 6) is -2.68. The number of aliphatic carboxylic acids is 2. The van der Waals surface area contributed by atoms with E-state index in [1.54, 1.807) is 6.92 Å². The number of hydrogen-bond donors (Lipinski definition) is 2. The van der Waals surface area contributed by atoms with Crippen LogP contribution in [-0.2, 0) is 9.59 Å². The van der Waals surface area contributed by atoms with Crippen molar-refractivity contribution >= 4 is 11.9 Å². The Hall–Kier alpha value is -1.32. The van der Waals surface area contributed by atoms with Crippen LogP contribution in [0.4, 0.5) is 0 Å². The molecule has 152 valence electrons. The fourth-order valence-electron chi connectivity index (χ4n) is 3.36. The summed E-state index contributed by atoms with van der Waals surface area (Å²) in [4.78, 5) is 22.1. The van der Waals surface area contributed by atoms with Crippen LogP contribution in [0.25, 0.3) is 0 Å². The summed E-state index contributed by atoms with van der Waals surface area (Å²) in [6, 6.07) is 0. The van der Waals surface area contributed by atoms with Gasteiger partial charge in [-0.2, -0.15) is 0 Å². The van der Waals surface area contributed by atoms with Crippen LogP contribution in [0.5, 0.6) is 0 Å². The second kappa shape index (κ2) is 15.9.